The molecule has 0 bridgehead atoms. The quantitative estimate of drug-likeness (QED) is 0.753. The van der Waals surface area contributed by atoms with E-state index in [1.54, 1.807) is 0 Å². The molecule has 4 nitrogen and oxygen atoms in total. The molecule has 0 radical (unpaired) electrons. The van der Waals surface area contributed by atoms with E-state index < -0.39 is 0 Å². The van der Waals surface area contributed by atoms with Gasteiger partial charge in [-0.25, -0.2) is 0 Å². The van der Waals surface area contributed by atoms with Crippen molar-refractivity contribution >= 4 is 5.69 Å². The van der Waals surface area contributed by atoms with Crippen LogP contribution < -0.4 is 5.32 Å². The van der Waals surface area contributed by atoms with E-state index in [4.69, 9.17) is 10.00 Å². The average molecular weight is 247 g/mol. The lowest BCUT2D eigenvalue weighted by atomic mass is 10.1. The normalized spacial score (nSPS) is 10.1. The van der Waals surface area contributed by atoms with Crippen molar-refractivity contribution in [3.05, 3.63) is 23.0 Å². The van der Waals surface area contributed by atoms with Crippen molar-refractivity contribution in [2.45, 2.75) is 33.6 Å². The van der Waals surface area contributed by atoms with Gasteiger partial charge >= 0.3 is 0 Å². The summed E-state index contributed by atoms with van der Waals surface area (Å²) in [5.41, 5.74) is 3.21. The number of nitrogens with zero attached hydrogens (tertiary/aromatic N) is 2. The number of anilines is 1. The van der Waals surface area contributed by atoms with Gasteiger partial charge in [-0.15, -0.1) is 0 Å². The van der Waals surface area contributed by atoms with E-state index in [0.29, 0.717) is 5.56 Å². The molecule has 4 heteroatoms. The summed E-state index contributed by atoms with van der Waals surface area (Å²) in [4.78, 5) is 4.29. The van der Waals surface area contributed by atoms with Crippen LogP contribution in [0, 0.1) is 25.2 Å². The molecular formula is C14H21N3O. The highest BCUT2D eigenvalue weighted by molar-refractivity contribution is 5.59. The SMILES string of the molecule is CCCOCCCNc1cc(C)nc(C)c1C#N. The Morgan fingerprint density at radius 3 is 2.83 bits per heavy atom. The fourth-order valence-corrected chi connectivity index (χ4v) is 1.75. The number of ether oxygens (including phenoxy) is 1. The fraction of sp³-hybridized carbons (Fsp3) is 0.571. The Morgan fingerprint density at radius 1 is 1.39 bits per heavy atom. The Hall–Kier alpha value is -1.60. The maximum atomic E-state index is 9.11. The number of hydrogen-bond donors (Lipinski definition) is 1. The first-order chi connectivity index (χ1) is 8.69. The van der Waals surface area contributed by atoms with E-state index in [1.807, 2.05) is 19.9 Å². The van der Waals surface area contributed by atoms with Crippen LogP contribution in [0.4, 0.5) is 5.69 Å². The van der Waals surface area contributed by atoms with Gasteiger partial charge in [0.2, 0.25) is 0 Å². The third-order valence-corrected chi connectivity index (χ3v) is 2.57. The molecule has 0 amide bonds. The summed E-state index contributed by atoms with van der Waals surface area (Å²) in [7, 11) is 0. The molecule has 1 aromatic rings. The van der Waals surface area contributed by atoms with Gasteiger partial charge in [-0.05, 0) is 32.8 Å². The molecule has 1 aromatic heterocycles. The highest BCUT2D eigenvalue weighted by atomic mass is 16.5. The molecule has 0 spiro atoms. The summed E-state index contributed by atoms with van der Waals surface area (Å²) in [6.07, 6.45) is 1.99. The summed E-state index contributed by atoms with van der Waals surface area (Å²) in [6, 6.07) is 4.11. The number of pyridine rings is 1. The summed E-state index contributed by atoms with van der Waals surface area (Å²) in [6.45, 7) is 8.27. The number of nitriles is 1. The van der Waals surface area contributed by atoms with Crippen molar-refractivity contribution in [1.82, 2.24) is 4.98 Å². The smallest absolute Gasteiger partial charge is 0.103 e. The van der Waals surface area contributed by atoms with Crippen molar-refractivity contribution in [2.75, 3.05) is 25.1 Å². The van der Waals surface area contributed by atoms with E-state index in [2.05, 4.69) is 23.3 Å². The van der Waals surface area contributed by atoms with E-state index in [-0.39, 0.29) is 0 Å². The first kappa shape index (κ1) is 14.5. The Labute approximate surface area is 109 Å². The van der Waals surface area contributed by atoms with Gasteiger partial charge in [0, 0.05) is 25.5 Å². The molecular weight excluding hydrogens is 226 g/mol. The van der Waals surface area contributed by atoms with Crippen LogP contribution in [0.1, 0.15) is 36.7 Å². The number of rotatable bonds is 7. The Kier molecular flexibility index (Phi) is 6.16. The van der Waals surface area contributed by atoms with Crippen LogP contribution >= 0.6 is 0 Å². The maximum Gasteiger partial charge on any atom is 0.103 e. The zero-order valence-corrected chi connectivity index (χ0v) is 11.4. The molecule has 0 aliphatic rings. The van der Waals surface area contributed by atoms with Gasteiger partial charge < -0.3 is 10.1 Å². The predicted molar refractivity (Wildman–Crippen MR) is 72.6 cm³/mol. The Balaban J connectivity index is 2.49. The molecule has 98 valence electrons. The van der Waals surface area contributed by atoms with E-state index in [9.17, 15) is 0 Å². The zero-order chi connectivity index (χ0) is 13.4. The lowest BCUT2D eigenvalue weighted by Crippen LogP contribution is -2.08. The van der Waals surface area contributed by atoms with Crippen molar-refractivity contribution in [3.63, 3.8) is 0 Å². The first-order valence-corrected chi connectivity index (χ1v) is 6.39. The highest BCUT2D eigenvalue weighted by Crippen LogP contribution is 2.18. The first-order valence-electron chi connectivity index (χ1n) is 6.39. The van der Waals surface area contributed by atoms with Gasteiger partial charge in [0.05, 0.1) is 16.9 Å². The lowest BCUT2D eigenvalue weighted by Gasteiger charge is -2.10. The van der Waals surface area contributed by atoms with E-state index in [1.165, 1.54) is 0 Å². The van der Waals surface area contributed by atoms with E-state index >= 15 is 0 Å². The Bertz CT molecular complexity index is 424. The summed E-state index contributed by atoms with van der Waals surface area (Å²) in [5, 5.41) is 12.4. The molecule has 0 atom stereocenters. The molecule has 1 rings (SSSR count). The molecule has 0 aromatic carbocycles. The van der Waals surface area contributed by atoms with Crippen LogP contribution in [-0.4, -0.2) is 24.7 Å². The molecule has 0 aliphatic heterocycles. The van der Waals surface area contributed by atoms with Crippen molar-refractivity contribution in [2.24, 2.45) is 0 Å². The molecule has 1 N–H and O–H groups in total. The van der Waals surface area contributed by atoms with Gasteiger partial charge in [0.15, 0.2) is 0 Å². The van der Waals surface area contributed by atoms with Crippen LogP contribution in [0.2, 0.25) is 0 Å². The van der Waals surface area contributed by atoms with Crippen LogP contribution in [0.25, 0.3) is 0 Å². The molecule has 0 unspecified atom stereocenters. The lowest BCUT2D eigenvalue weighted by molar-refractivity contribution is 0.134. The average Bonchev–Trinajstić information content (AvgIpc) is 2.33. The maximum absolute atomic E-state index is 9.11. The number of nitrogens with one attached hydrogen (secondary N) is 1. The molecule has 0 aliphatic carbocycles. The summed E-state index contributed by atoms with van der Waals surface area (Å²) < 4.78 is 5.41. The monoisotopic (exact) mass is 247 g/mol. The van der Waals surface area contributed by atoms with Crippen LogP contribution in [0.15, 0.2) is 6.07 Å². The molecule has 0 fully saturated rings. The second-order valence-electron chi connectivity index (χ2n) is 4.28. The van der Waals surface area contributed by atoms with Crippen molar-refractivity contribution in [1.29, 1.82) is 5.26 Å². The van der Waals surface area contributed by atoms with Crippen molar-refractivity contribution in [3.8, 4) is 6.07 Å². The highest BCUT2D eigenvalue weighted by Gasteiger charge is 2.07. The molecule has 18 heavy (non-hydrogen) atoms. The second kappa shape index (κ2) is 7.67. The molecule has 0 saturated heterocycles. The van der Waals surface area contributed by atoms with Gasteiger partial charge in [-0.3, -0.25) is 4.98 Å². The fourth-order valence-electron chi connectivity index (χ4n) is 1.75. The molecule has 0 saturated carbocycles. The van der Waals surface area contributed by atoms with Gasteiger partial charge in [-0.1, -0.05) is 6.92 Å². The van der Waals surface area contributed by atoms with E-state index in [0.717, 1.165) is 49.7 Å². The standard InChI is InChI=1S/C14H21N3O/c1-4-7-18-8-5-6-16-14-9-11(2)17-12(3)13(14)10-15/h9H,4-8H2,1-3H3,(H,16,17). The second-order valence-corrected chi connectivity index (χ2v) is 4.28. The molecule has 1 heterocycles. The predicted octanol–water partition coefficient (Wildman–Crippen LogP) is 2.80. The minimum atomic E-state index is 0.634. The largest absolute Gasteiger partial charge is 0.384 e. The van der Waals surface area contributed by atoms with Crippen LogP contribution in [-0.2, 0) is 4.74 Å². The minimum absolute atomic E-state index is 0.634. The number of aryl methyl sites for hydroxylation is 2. The number of hydrogen-bond acceptors (Lipinski definition) is 4. The third-order valence-electron chi connectivity index (χ3n) is 2.57. The van der Waals surface area contributed by atoms with Crippen molar-refractivity contribution < 1.29 is 4.74 Å². The van der Waals surface area contributed by atoms with Crippen LogP contribution in [0.3, 0.4) is 0 Å². The van der Waals surface area contributed by atoms with Gasteiger partial charge in [0.1, 0.15) is 6.07 Å². The summed E-state index contributed by atoms with van der Waals surface area (Å²) in [5.74, 6) is 0. The number of aromatic nitrogens is 1. The third kappa shape index (κ3) is 4.34. The summed E-state index contributed by atoms with van der Waals surface area (Å²) >= 11 is 0. The minimum Gasteiger partial charge on any atom is -0.384 e. The Morgan fingerprint density at radius 2 is 2.17 bits per heavy atom. The van der Waals surface area contributed by atoms with Crippen LogP contribution in [0.5, 0.6) is 0 Å². The van der Waals surface area contributed by atoms with Gasteiger partial charge in [0.25, 0.3) is 0 Å². The topological polar surface area (TPSA) is 57.9 Å². The van der Waals surface area contributed by atoms with Gasteiger partial charge in [-0.2, -0.15) is 5.26 Å². The zero-order valence-electron chi connectivity index (χ0n) is 11.4.